The summed E-state index contributed by atoms with van der Waals surface area (Å²) in [6.07, 6.45) is 0.118. The fourth-order valence-electron chi connectivity index (χ4n) is 1.55. The Bertz CT molecular complexity index is 604. The summed E-state index contributed by atoms with van der Waals surface area (Å²) < 4.78 is 18.2. The van der Waals surface area contributed by atoms with E-state index < -0.39 is 5.95 Å². The van der Waals surface area contributed by atoms with Gasteiger partial charge in [-0.05, 0) is 24.3 Å². The number of nitrogens with zero attached hydrogens (tertiary/aromatic N) is 1. The second-order valence-electron chi connectivity index (χ2n) is 4.03. The highest BCUT2D eigenvalue weighted by Gasteiger charge is 2.05. The first-order valence-electron chi connectivity index (χ1n) is 6.05. The number of amides is 1. The van der Waals surface area contributed by atoms with Crippen LogP contribution in [0.15, 0.2) is 42.5 Å². The highest BCUT2D eigenvalue weighted by atomic mass is 19.1. The molecule has 0 radical (unpaired) electrons. The van der Waals surface area contributed by atoms with Crippen molar-refractivity contribution in [1.82, 2.24) is 4.98 Å². The second kappa shape index (κ2) is 6.51. The molecule has 0 atom stereocenters. The lowest BCUT2D eigenvalue weighted by Crippen LogP contribution is -2.16. The highest BCUT2D eigenvalue weighted by molar-refractivity contribution is 5.89. The summed E-state index contributed by atoms with van der Waals surface area (Å²) in [7, 11) is 0. The smallest absolute Gasteiger partial charge is 0.228 e. The van der Waals surface area contributed by atoms with Crippen molar-refractivity contribution < 1.29 is 13.9 Å². The van der Waals surface area contributed by atoms with Crippen molar-refractivity contribution in [3.63, 3.8) is 0 Å². The molecule has 1 amide bonds. The molecule has 5 nitrogen and oxygen atoms in total. The van der Waals surface area contributed by atoms with Crippen molar-refractivity contribution in [2.45, 2.75) is 6.42 Å². The average Bonchev–Trinajstić information content (AvgIpc) is 2.41. The number of nitrogens with one attached hydrogen (secondary N) is 1. The van der Waals surface area contributed by atoms with Crippen molar-refractivity contribution in [3.8, 4) is 5.75 Å². The van der Waals surface area contributed by atoms with Crippen LogP contribution < -0.4 is 15.8 Å². The van der Waals surface area contributed by atoms with E-state index in [0.29, 0.717) is 11.4 Å². The molecule has 1 aromatic heterocycles. The Hall–Kier alpha value is -2.63. The molecule has 1 heterocycles. The summed E-state index contributed by atoms with van der Waals surface area (Å²) in [4.78, 5) is 15.1. The molecule has 0 saturated heterocycles. The monoisotopic (exact) mass is 275 g/mol. The minimum absolute atomic E-state index is 0.118. The number of para-hydroxylation sites is 2. The van der Waals surface area contributed by atoms with Gasteiger partial charge in [-0.15, -0.1) is 0 Å². The molecule has 0 unspecified atom stereocenters. The number of aromatic nitrogens is 1. The van der Waals surface area contributed by atoms with Gasteiger partial charge in [0.25, 0.3) is 0 Å². The van der Waals surface area contributed by atoms with Crippen LogP contribution in [0.25, 0.3) is 0 Å². The molecule has 3 N–H and O–H groups in total. The third kappa shape index (κ3) is 3.94. The van der Waals surface area contributed by atoms with Gasteiger partial charge in [0.2, 0.25) is 11.9 Å². The van der Waals surface area contributed by atoms with Crippen molar-refractivity contribution in [2.24, 2.45) is 0 Å². The Kier molecular flexibility index (Phi) is 4.49. The van der Waals surface area contributed by atoms with E-state index in [9.17, 15) is 9.18 Å². The standard InChI is InChI=1S/C14H14FN3O2/c15-12-6-3-7-13(17-12)18-14(19)8-9-20-11-5-2-1-4-10(11)16/h1-7H,8-9,16H2,(H,17,18,19). The molecule has 0 bridgehead atoms. The maximum Gasteiger partial charge on any atom is 0.228 e. The Morgan fingerprint density at radius 1 is 1.25 bits per heavy atom. The zero-order valence-electron chi connectivity index (χ0n) is 10.7. The van der Waals surface area contributed by atoms with E-state index in [2.05, 4.69) is 10.3 Å². The summed E-state index contributed by atoms with van der Waals surface area (Å²) >= 11 is 0. The van der Waals surface area contributed by atoms with Crippen molar-refractivity contribution in [1.29, 1.82) is 0 Å². The van der Waals surface area contributed by atoms with Crippen LogP contribution in [0, 0.1) is 5.95 Å². The first kappa shape index (κ1) is 13.8. The van der Waals surface area contributed by atoms with E-state index in [0.717, 1.165) is 0 Å². The maximum absolute atomic E-state index is 12.8. The van der Waals surface area contributed by atoms with Gasteiger partial charge < -0.3 is 15.8 Å². The number of benzene rings is 1. The zero-order chi connectivity index (χ0) is 14.4. The number of pyridine rings is 1. The van der Waals surface area contributed by atoms with E-state index in [1.165, 1.54) is 18.2 Å². The first-order chi connectivity index (χ1) is 9.65. The van der Waals surface area contributed by atoms with Crippen LogP contribution >= 0.6 is 0 Å². The summed E-state index contributed by atoms with van der Waals surface area (Å²) in [5.74, 6) is -0.243. The van der Waals surface area contributed by atoms with E-state index in [1.54, 1.807) is 24.3 Å². The van der Waals surface area contributed by atoms with Gasteiger partial charge in [-0.3, -0.25) is 4.79 Å². The van der Waals surface area contributed by atoms with Crippen molar-refractivity contribution in [2.75, 3.05) is 17.7 Å². The number of carbonyl (C=O) groups is 1. The second-order valence-corrected chi connectivity index (χ2v) is 4.03. The summed E-state index contributed by atoms with van der Waals surface area (Å²) in [6.45, 7) is 0.176. The molecule has 0 aliphatic carbocycles. The minimum Gasteiger partial charge on any atom is -0.491 e. The summed E-state index contributed by atoms with van der Waals surface area (Å²) in [6, 6.07) is 11.2. The Labute approximate surface area is 115 Å². The molecule has 0 saturated carbocycles. The van der Waals surface area contributed by atoms with Gasteiger partial charge in [-0.2, -0.15) is 4.39 Å². The fourth-order valence-corrected chi connectivity index (χ4v) is 1.55. The van der Waals surface area contributed by atoms with Gasteiger partial charge >= 0.3 is 0 Å². The normalized spacial score (nSPS) is 10.1. The number of ether oxygens (including phenoxy) is 1. The van der Waals surface area contributed by atoms with Gasteiger partial charge in [0.05, 0.1) is 18.7 Å². The van der Waals surface area contributed by atoms with E-state index >= 15 is 0 Å². The van der Waals surface area contributed by atoms with Gasteiger partial charge in [-0.1, -0.05) is 18.2 Å². The molecule has 0 aliphatic rings. The lowest BCUT2D eigenvalue weighted by molar-refractivity contribution is -0.116. The molecular formula is C14H14FN3O2. The molecule has 20 heavy (non-hydrogen) atoms. The number of rotatable bonds is 5. The number of carbonyl (C=O) groups excluding carboxylic acids is 1. The van der Waals surface area contributed by atoms with Crippen LogP contribution in [0.2, 0.25) is 0 Å². The highest BCUT2D eigenvalue weighted by Crippen LogP contribution is 2.19. The lowest BCUT2D eigenvalue weighted by Gasteiger charge is -2.08. The van der Waals surface area contributed by atoms with Gasteiger partial charge in [0, 0.05) is 0 Å². The van der Waals surface area contributed by atoms with E-state index in [-0.39, 0.29) is 24.8 Å². The van der Waals surface area contributed by atoms with Crippen molar-refractivity contribution >= 4 is 17.4 Å². The fraction of sp³-hybridized carbons (Fsp3) is 0.143. The Balaban J connectivity index is 1.80. The molecule has 104 valence electrons. The zero-order valence-corrected chi connectivity index (χ0v) is 10.7. The van der Waals surface area contributed by atoms with Crippen LogP contribution in [-0.2, 0) is 4.79 Å². The average molecular weight is 275 g/mol. The van der Waals surface area contributed by atoms with Crippen LogP contribution in [0.4, 0.5) is 15.9 Å². The summed E-state index contributed by atoms with van der Waals surface area (Å²) in [5, 5.41) is 2.48. The number of hydrogen-bond donors (Lipinski definition) is 2. The number of halogens is 1. The van der Waals surface area contributed by atoms with Crippen LogP contribution in [0.3, 0.4) is 0 Å². The number of anilines is 2. The minimum atomic E-state index is -0.642. The number of hydrogen-bond acceptors (Lipinski definition) is 4. The van der Waals surface area contributed by atoms with Crippen LogP contribution in [0.1, 0.15) is 6.42 Å². The largest absolute Gasteiger partial charge is 0.491 e. The molecule has 0 aliphatic heterocycles. The third-order valence-electron chi connectivity index (χ3n) is 2.49. The van der Waals surface area contributed by atoms with E-state index in [4.69, 9.17) is 10.5 Å². The number of nitrogen functional groups attached to an aromatic ring is 1. The maximum atomic E-state index is 12.8. The quantitative estimate of drug-likeness (QED) is 0.648. The molecule has 2 rings (SSSR count). The number of nitrogens with two attached hydrogens (primary N) is 1. The summed E-state index contributed by atoms with van der Waals surface area (Å²) in [5.41, 5.74) is 6.21. The van der Waals surface area contributed by atoms with Crippen LogP contribution in [0.5, 0.6) is 5.75 Å². The first-order valence-corrected chi connectivity index (χ1v) is 6.05. The molecule has 1 aromatic carbocycles. The Morgan fingerprint density at radius 2 is 2.05 bits per heavy atom. The molecular weight excluding hydrogens is 261 g/mol. The topological polar surface area (TPSA) is 77.2 Å². The van der Waals surface area contributed by atoms with Gasteiger partial charge in [0.15, 0.2) is 0 Å². The molecule has 0 fully saturated rings. The lowest BCUT2D eigenvalue weighted by atomic mass is 10.3. The molecule has 6 heteroatoms. The predicted octanol–water partition coefficient (Wildman–Crippen LogP) is 2.21. The van der Waals surface area contributed by atoms with Crippen molar-refractivity contribution in [3.05, 3.63) is 48.4 Å². The van der Waals surface area contributed by atoms with Gasteiger partial charge in [0.1, 0.15) is 11.6 Å². The predicted molar refractivity (Wildman–Crippen MR) is 73.8 cm³/mol. The van der Waals surface area contributed by atoms with Gasteiger partial charge in [-0.25, -0.2) is 4.98 Å². The Morgan fingerprint density at radius 3 is 2.80 bits per heavy atom. The molecule has 2 aromatic rings. The third-order valence-corrected chi connectivity index (χ3v) is 2.49. The molecule has 0 spiro atoms. The van der Waals surface area contributed by atoms with E-state index in [1.807, 2.05) is 0 Å². The SMILES string of the molecule is Nc1ccccc1OCCC(=O)Nc1cccc(F)n1. The van der Waals surface area contributed by atoms with Crippen LogP contribution in [-0.4, -0.2) is 17.5 Å².